The molecule has 1 aromatic heterocycles. The van der Waals surface area contributed by atoms with Gasteiger partial charge >= 0.3 is 0 Å². The van der Waals surface area contributed by atoms with Crippen LogP contribution in [0, 0.1) is 0 Å². The molecule has 0 fully saturated rings. The lowest BCUT2D eigenvalue weighted by atomic mass is 9.94. The Balaban J connectivity index is 3.01. The van der Waals surface area contributed by atoms with Crippen LogP contribution in [0.15, 0.2) is 12.4 Å². The van der Waals surface area contributed by atoms with Gasteiger partial charge in [-0.05, 0) is 45.8 Å². The molecule has 0 amide bonds. The van der Waals surface area contributed by atoms with Gasteiger partial charge in [-0.25, -0.2) is 0 Å². The van der Waals surface area contributed by atoms with Gasteiger partial charge in [0.05, 0.1) is 42.8 Å². The first-order chi connectivity index (χ1) is 15.8. The quantitative estimate of drug-likeness (QED) is 0.116. The highest BCUT2D eigenvalue weighted by Crippen LogP contribution is 2.23. The smallest absolute Gasteiger partial charge is 0.178 e. The number of nitrogens with one attached hydrogen (secondary N) is 3. The molecule has 5 atom stereocenters. The largest absolute Gasteiger partial charge is 0.395 e. The predicted molar refractivity (Wildman–Crippen MR) is 131 cm³/mol. The van der Waals surface area contributed by atoms with Crippen LogP contribution in [0.25, 0.3) is 0 Å². The van der Waals surface area contributed by atoms with E-state index in [4.69, 9.17) is 0 Å². The number of hydrogen-bond donors (Lipinski definition) is 7. The standard InChI is InChI=1S/C24H47N5O4/c1-5-8-11-25-20(17-30)21(32)14-19-15-28-22(16-27-19)24(33,29-13-10-7-3)23(18(4)31)26-12-9-6-2/h15-16,18,20-21,23,25-26,29-33H,5-14,17H2,1-4H3/t18-,20-,21-,23-,24?/m0/s1. The Morgan fingerprint density at radius 2 is 1.52 bits per heavy atom. The van der Waals surface area contributed by atoms with E-state index in [-0.39, 0.29) is 13.0 Å². The van der Waals surface area contributed by atoms with Crippen LogP contribution >= 0.6 is 0 Å². The highest BCUT2D eigenvalue weighted by atomic mass is 16.3. The normalized spacial score (nSPS) is 17.3. The van der Waals surface area contributed by atoms with Gasteiger partial charge < -0.3 is 31.1 Å². The first-order valence-corrected chi connectivity index (χ1v) is 12.6. The minimum absolute atomic E-state index is 0.170. The number of aromatic nitrogens is 2. The summed E-state index contributed by atoms with van der Waals surface area (Å²) in [6.07, 6.45) is 7.39. The van der Waals surface area contributed by atoms with Crippen molar-refractivity contribution in [1.82, 2.24) is 25.9 Å². The number of aliphatic hydroxyl groups excluding tert-OH is 3. The lowest BCUT2D eigenvalue weighted by molar-refractivity contribution is -0.0759. The number of nitrogens with zero attached hydrogens (tertiary/aromatic N) is 2. The van der Waals surface area contributed by atoms with Crippen LogP contribution in [-0.2, 0) is 12.1 Å². The van der Waals surface area contributed by atoms with Crippen molar-refractivity contribution in [2.24, 2.45) is 0 Å². The molecule has 33 heavy (non-hydrogen) atoms. The average Bonchev–Trinajstić information content (AvgIpc) is 2.79. The second-order valence-corrected chi connectivity index (χ2v) is 8.83. The average molecular weight is 470 g/mol. The van der Waals surface area contributed by atoms with Gasteiger partial charge in [0.15, 0.2) is 5.72 Å². The fourth-order valence-electron chi connectivity index (χ4n) is 3.72. The summed E-state index contributed by atoms with van der Waals surface area (Å²) in [4.78, 5) is 8.88. The molecule has 0 aliphatic heterocycles. The van der Waals surface area contributed by atoms with E-state index in [2.05, 4.69) is 46.7 Å². The molecule has 7 N–H and O–H groups in total. The second kappa shape index (κ2) is 16.4. The molecule has 9 nitrogen and oxygen atoms in total. The minimum Gasteiger partial charge on any atom is -0.395 e. The van der Waals surface area contributed by atoms with Gasteiger partial charge in [-0.3, -0.25) is 15.3 Å². The molecular formula is C24H47N5O4. The van der Waals surface area contributed by atoms with Gasteiger partial charge in [0.25, 0.3) is 0 Å². The summed E-state index contributed by atoms with van der Waals surface area (Å²) in [7, 11) is 0. The number of rotatable bonds is 19. The van der Waals surface area contributed by atoms with E-state index >= 15 is 0 Å². The molecular weight excluding hydrogens is 422 g/mol. The maximum atomic E-state index is 11.6. The Labute approximate surface area is 199 Å². The molecule has 0 aliphatic carbocycles. The number of aliphatic hydroxyl groups is 4. The van der Waals surface area contributed by atoms with Crippen LogP contribution in [0.3, 0.4) is 0 Å². The van der Waals surface area contributed by atoms with E-state index in [1.807, 2.05) is 0 Å². The van der Waals surface area contributed by atoms with E-state index in [1.54, 1.807) is 6.92 Å². The van der Waals surface area contributed by atoms with Crippen molar-refractivity contribution in [2.75, 3.05) is 26.2 Å². The fraction of sp³-hybridized carbons (Fsp3) is 0.833. The van der Waals surface area contributed by atoms with Crippen molar-refractivity contribution in [3.8, 4) is 0 Å². The van der Waals surface area contributed by atoms with Crippen molar-refractivity contribution in [1.29, 1.82) is 0 Å². The van der Waals surface area contributed by atoms with E-state index in [0.29, 0.717) is 24.5 Å². The Morgan fingerprint density at radius 3 is 2.03 bits per heavy atom. The molecule has 192 valence electrons. The Morgan fingerprint density at radius 1 is 0.909 bits per heavy atom. The summed E-state index contributed by atoms with van der Waals surface area (Å²) < 4.78 is 0. The Hall–Kier alpha value is -1.20. The molecule has 0 spiro atoms. The molecule has 0 radical (unpaired) electrons. The minimum atomic E-state index is -1.60. The van der Waals surface area contributed by atoms with Gasteiger partial charge in [0, 0.05) is 12.6 Å². The maximum absolute atomic E-state index is 11.6. The van der Waals surface area contributed by atoms with Crippen molar-refractivity contribution in [2.45, 2.75) is 103 Å². The van der Waals surface area contributed by atoms with Gasteiger partial charge in [-0.2, -0.15) is 0 Å². The van der Waals surface area contributed by atoms with E-state index in [1.165, 1.54) is 12.4 Å². The van der Waals surface area contributed by atoms with Gasteiger partial charge in [0.2, 0.25) is 0 Å². The Bertz CT molecular complexity index is 619. The van der Waals surface area contributed by atoms with Crippen molar-refractivity contribution in [3.63, 3.8) is 0 Å². The zero-order valence-corrected chi connectivity index (χ0v) is 20.9. The molecule has 0 aliphatic rings. The van der Waals surface area contributed by atoms with Crippen LogP contribution in [0.5, 0.6) is 0 Å². The van der Waals surface area contributed by atoms with E-state index in [0.717, 1.165) is 45.1 Å². The van der Waals surface area contributed by atoms with Gasteiger partial charge in [-0.15, -0.1) is 0 Å². The summed E-state index contributed by atoms with van der Waals surface area (Å²) in [5.74, 6) is 0. The van der Waals surface area contributed by atoms with Gasteiger partial charge in [-0.1, -0.05) is 40.0 Å². The highest BCUT2D eigenvalue weighted by molar-refractivity contribution is 5.15. The zero-order valence-electron chi connectivity index (χ0n) is 20.9. The topological polar surface area (TPSA) is 143 Å². The Kier molecular flexibility index (Phi) is 14.9. The van der Waals surface area contributed by atoms with Crippen molar-refractivity contribution < 1.29 is 20.4 Å². The molecule has 0 saturated carbocycles. The molecule has 1 unspecified atom stereocenters. The maximum Gasteiger partial charge on any atom is 0.178 e. The van der Waals surface area contributed by atoms with Crippen LogP contribution in [0.1, 0.15) is 77.6 Å². The molecule has 1 heterocycles. The summed E-state index contributed by atoms with van der Waals surface area (Å²) >= 11 is 0. The molecule has 0 bridgehead atoms. The molecule has 1 aromatic rings. The van der Waals surface area contributed by atoms with Crippen molar-refractivity contribution in [3.05, 3.63) is 23.8 Å². The van der Waals surface area contributed by atoms with Crippen LogP contribution in [0.4, 0.5) is 0 Å². The number of unbranched alkanes of at least 4 members (excludes halogenated alkanes) is 3. The monoisotopic (exact) mass is 469 g/mol. The summed E-state index contributed by atoms with van der Waals surface area (Å²) in [5, 5.41) is 51.8. The second-order valence-electron chi connectivity index (χ2n) is 8.83. The predicted octanol–water partition coefficient (Wildman–Crippen LogP) is 0.805. The molecule has 1 rings (SSSR count). The SMILES string of the molecule is CCCCN[C@@H](CO)[C@@H](O)Cc1cnc(C(O)(NCCCC)[C@@H](NCCCC)[C@H](C)O)cn1. The summed E-state index contributed by atoms with van der Waals surface area (Å²) in [6, 6.07) is -1.11. The fourth-order valence-corrected chi connectivity index (χ4v) is 3.72. The van der Waals surface area contributed by atoms with Crippen LogP contribution in [-0.4, -0.2) is 80.9 Å². The van der Waals surface area contributed by atoms with Crippen LogP contribution < -0.4 is 16.0 Å². The van der Waals surface area contributed by atoms with E-state index in [9.17, 15) is 20.4 Å². The van der Waals surface area contributed by atoms with Gasteiger partial charge in [0.1, 0.15) is 5.69 Å². The third kappa shape index (κ3) is 9.90. The number of hydrogen-bond acceptors (Lipinski definition) is 9. The lowest BCUT2D eigenvalue weighted by Crippen LogP contribution is -2.62. The third-order valence-electron chi connectivity index (χ3n) is 5.86. The first-order valence-electron chi connectivity index (χ1n) is 12.6. The first kappa shape index (κ1) is 29.8. The molecule has 0 saturated heterocycles. The lowest BCUT2D eigenvalue weighted by Gasteiger charge is -2.38. The third-order valence-corrected chi connectivity index (χ3v) is 5.86. The highest BCUT2D eigenvalue weighted by Gasteiger charge is 2.42. The van der Waals surface area contributed by atoms with Crippen LogP contribution in [0.2, 0.25) is 0 Å². The summed E-state index contributed by atoms with van der Waals surface area (Å²) in [6.45, 7) is 9.68. The molecule has 9 heteroatoms. The zero-order chi connectivity index (χ0) is 24.7. The van der Waals surface area contributed by atoms with Crippen molar-refractivity contribution >= 4 is 0 Å². The summed E-state index contributed by atoms with van der Waals surface area (Å²) in [5.41, 5.74) is -0.728. The molecule has 0 aromatic carbocycles. The van der Waals surface area contributed by atoms with E-state index < -0.39 is 30.0 Å².